The number of carboxylic acid groups (broad SMARTS) is 1. The molecule has 1 aromatic carbocycles. The van der Waals surface area contributed by atoms with Gasteiger partial charge < -0.3 is 15.4 Å². The summed E-state index contributed by atoms with van der Waals surface area (Å²) in [5.74, 6) is -1.50. The highest BCUT2D eigenvalue weighted by atomic mass is 16.4. The molecule has 2 atom stereocenters. The second-order valence-electron chi connectivity index (χ2n) is 4.92. The van der Waals surface area contributed by atoms with E-state index in [0.29, 0.717) is 12.0 Å². The fraction of sp³-hybridized carbons (Fsp3) is 0.333. The van der Waals surface area contributed by atoms with Gasteiger partial charge in [0.1, 0.15) is 6.04 Å². The van der Waals surface area contributed by atoms with Crippen molar-refractivity contribution in [3.63, 3.8) is 0 Å². The lowest BCUT2D eigenvalue weighted by Crippen LogP contribution is -2.44. The van der Waals surface area contributed by atoms with E-state index in [-0.39, 0.29) is 11.8 Å². The molecule has 2 unspecified atom stereocenters. The summed E-state index contributed by atoms with van der Waals surface area (Å²) in [5, 5.41) is 12.6. The van der Waals surface area contributed by atoms with E-state index in [1.165, 1.54) is 0 Å². The number of carbonyl (C=O) groups is 2. The van der Waals surface area contributed by atoms with Gasteiger partial charge in [-0.05, 0) is 12.0 Å². The minimum Gasteiger partial charge on any atom is -0.480 e. The van der Waals surface area contributed by atoms with Gasteiger partial charge in [0, 0.05) is 17.1 Å². The number of carbonyl (C=O) groups excluding carboxylic acids is 1. The lowest BCUT2D eigenvalue weighted by molar-refractivity contribution is -0.140. The molecule has 0 bridgehead atoms. The number of hydrogen-bond acceptors (Lipinski definition) is 2. The molecule has 5 heteroatoms. The largest absolute Gasteiger partial charge is 0.480 e. The molecule has 106 valence electrons. The summed E-state index contributed by atoms with van der Waals surface area (Å²) in [5.41, 5.74) is 1.32. The number of nitrogens with one attached hydrogen (secondary N) is 2. The van der Waals surface area contributed by atoms with E-state index in [1.54, 1.807) is 6.20 Å². The highest BCUT2D eigenvalue weighted by Crippen LogP contribution is 2.18. The van der Waals surface area contributed by atoms with Gasteiger partial charge in [-0.15, -0.1) is 0 Å². The van der Waals surface area contributed by atoms with Crippen LogP contribution in [0.1, 0.15) is 30.6 Å². The average Bonchev–Trinajstić information content (AvgIpc) is 2.87. The Bertz CT molecular complexity index is 633. The van der Waals surface area contributed by atoms with Crippen LogP contribution in [0.2, 0.25) is 0 Å². The highest BCUT2D eigenvalue weighted by Gasteiger charge is 2.26. The van der Waals surface area contributed by atoms with Gasteiger partial charge in [0.25, 0.3) is 5.91 Å². The summed E-state index contributed by atoms with van der Waals surface area (Å²) in [6.07, 6.45) is 2.29. The lowest BCUT2D eigenvalue weighted by atomic mass is 9.99. The van der Waals surface area contributed by atoms with Crippen LogP contribution < -0.4 is 5.32 Å². The van der Waals surface area contributed by atoms with E-state index in [1.807, 2.05) is 38.1 Å². The number of amides is 1. The van der Waals surface area contributed by atoms with Crippen molar-refractivity contribution in [2.45, 2.75) is 26.3 Å². The summed E-state index contributed by atoms with van der Waals surface area (Å²) in [6.45, 7) is 3.72. The predicted octanol–water partition coefficient (Wildman–Crippen LogP) is 2.40. The van der Waals surface area contributed by atoms with Gasteiger partial charge in [0.2, 0.25) is 0 Å². The molecule has 1 heterocycles. The summed E-state index contributed by atoms with van der Waals surface area (Å²) in [7, 11) is 0. The molecule has 1 aromatic heterocycles. The van der Waals surface area contributed by atoms with Crippen LogP contribution >= 0.6 is 0 Å². The van der Waals surface area contributed by atoms with Crippen LogP contribution in [0.15, 0.2) is 30.5 Å². The first-order chi connectivity index (χ1) is 9.54. The number of para-hydroxylation sites is 1. The molecular weight excluding hydrogens is 256 g/mol. The van der Waals surface area contributed by atoms with Crippen LogP contribution in [0.3, 0.4) is 0 Å². The van der Waals surface area contributed by atoms with E-state index in [2.05, 4.69) is 10.3 Å². The first-order valence-electron chi connectivity index (χ1n) is 6.64. The maximum atomic E-state index is 12.3. The first-order valence-corrected chi connectivity index (χ1v) is 6.64. The van der Waals surface area contributed by atoms with Crippen molar-refractivity contribution >= 4 is 22.8 Å². The Morgan fingerprint density at radius 1 is 1.35 bits per heavy atom. The van der Waals surface area contributed by atoms with Crippen molar-refractivity contribution in [3.05, 3.63) is 36.0 Å². The van der Waals surface area contributed by atoms with Crippen molar-refractivity contribution in [2.75, 3.05) is 0 Å². The van der Waals surface area contributed by atoms with Gasteiger partial charge in [0.15, 0.2) is 0 Å². The molecule has 0 spiro atoms. The quantitative estimate of drug-likeness (QED) is 0.783. The Morgan fingerprint density at radius 3 is 2.70 bits per heavy atom. The van der Waals surface area contributed by atoms with E-state index in [4.69, 9.17) is 0 Å². The number of hydrogen-bond donors (Lipinski definition) is 3. The SMILES string of the molecule is CCC(C)C(NC(=O)c1c[nH]c2ccccc12)C(=O)O. The molecule has 2 aromatic rings. The van der Waals surface area contributed by atoms with Crippen molar-refractivity contribution in [1.82, 2.24) is 10.3 Å². The zero-order chi connectivity index (χ0) is 14.7. The normalized spacial score (nSPS) is 13.9. The molecule has 20 heavy (non-hydrogen) atoms. The zero-order valence-electron chi connectivity index (χ0n) is 11.5. The van der Waals surface area contributed by atoms with E-state index in [0.717, 1.165) is 10.9 Å². The third-order valence-corrected chi connectivity index (χ3v) is 3.60. The van der Waals surface area contributed by atoms with E-state index < -0.39 is 12.0 Å². The Labute approximate surface area is 117 Å². The van der Waals surface area contributed by atoms with Gasteiger partial charge in [-0.3, -0.25) is 4.79 Å². The van der Waals surface area contributed by atoms with Gasteiger partial charge in [-0.1, -0.05) is 38.5 Å². The monoisotopic (exact) mass is 274 g/mol. The van der Waals surface area contributed by atoms with Crippen molar-refractivity contribution in [2.24, 2.45) is 5.92 Å². The molecule has 1 amide bonds. The third-order valence-electron chi connectivity index (χ3n) is 3.60. The zero-order valence-corrected chi connectivity index (χ0v) is 11.5. The van der Waals surface area contributed by atoms with Crippen LogP contribution in [-0.4, -0.2) is 28.0 Å². The molecule has 0 aliphatic rings. The maximum Gasteiger partial charge on any atom is 0.326 e. The summed E-state index contributed by atoms with van der Waals surface area (Å²) < 4.78 is 0. The minimum atomic E-state index is -1.01. The Morgan fingerprint density at radius 2 is 2.05 bits per heavy atom. The van der Waals surface area contributed by atoms with Crippen molar-refractivity contribution in [3.8, 4) is 0 Å². The number of aromatic nitrogens is 1. The molecule has 5 nitrogen and oxygen atoms in total. The number of aliphatic carboxylic acids is 1. The predicted molar refractivity (Wildman–Crippen MR) is 76.6 cm³/mol. The maximum absolute atomic E-state index is 12.3. The van der Waals surface area contributed by atoms with Gasteiger partial charge >= 0.3 is 5.97 Å². The molecule has 0 fully saturated rings. The molecule has 0 saturated carbocycles. The average molecular weight is 274 g/mol. The first kappa shape index (κ1) is 14.1. The van der Waals surface area contributed by atoms with Crippen LogP contribution in [0.5, 0.6) is 0 Å². The van der Waals surface area contributed by atoms with E-state index in [9.17, 15) is 14.7 Å². The summed E-state index contributed by atoms with van der Waals surface area (Å²) in [6, 6.07) is 6.55. The third kappa shape index (κ3) is 2.66. The topological polar surface area (TPSA) is 82.2 Å². The number of H-pyrrole nitrogens is 1. The van der Waals surface area contributed by atoms with Gasteiger partial charge in [-0.2, -0.15) is 0 Å². The lowest BCUT2D eigenvalue weighted by Gasteiger charge is -2.19. The summed E-state index contributed by atoms with van der Waals surface area (Å²) >= 11 is 0. The molecule has 0 radical (unpaired) electrons. The number of carboxylic acids is 1. The van der Waals surface area contributed by atoms with Crippen LogP contribution in [0.4, 0.5) is 0 Å². The van der Waals surface area contributed by atoms with Crippen LogP contribution in [0, 0.1) is 5.92 Å². The van der Waals surface area contributed by atoms with Gasteiger partial charge in [-0.25, -0.2) is 4.79 Å². The minimum absolute atomic E-state index is 0.123. The second-order valence-corrected chi connectivity index (χ2v) is 4.92. The summed E-state index contributed by atoms with van der Waals surface area (Å²) in [4.78, 5) is 26.5. The number of rotatable bonds is 5. The molecule has 0 saturated heterocycles. The second kappa shape index (κ2) is 5.77. The number of fused-ring (bicyclic) bond motifs is 1. The molecule has 2 rings (SSSR count). The Balaban J connectivity index is 2.25. The smallest absolute Gasteiger partial charge is 0.326 e. The number of aromatic amines is 1. The molecular formula is C15H18N2O3. The standard InChI is InChI=1S/C15H18N2O3/c1-3-9(2)13(15(19)20)17-14(18)11-8-16-12-7-5-4-6-10(11)12/h4-9,13,16H,3H2,1-2H3,(H,17,18)(H,19,20). The molecule has 0 aliphatic heterocycles. The number of benzene rings is 1. The Hall–Kier alpha value is -2.30. The fourth-order valence-electron chi connectivity index (χ4n) is 2.16. The highest BCUT2D eigenvalue weighted by molar-refractivity contribution is 6.07. The Kier molecular flexibility index (Phi) is 4.08. The fourth-order valence-corrected chi connectivity index (χ4v) is 2.16. The van der Waals surface area contributed by atoms with Gasteiger partial charge in [0.05, 0.1) is 5.56 Å². The van der Waals surface area contributed by atoms with Crippen LogP contribution in [0.25, 0.3) is 10.9 Å². The molecule has 3 N–H and O–H groups in total. The van der Waals surface area contributed by atoms with Crippen molar-refractivity contribution < 1.29 is 14.7 Å². The molecule has 0 aliphatic carbocycles. The van der Waals surface area contributed by atoms with Crippen LogP contribution in [-0.2, 0) is 4.79 Å². The van der Waals surface area contributed by atoms with E-state index >= 15 is 0 Å². The van der Waals surface area contributed by atoms with Crippen molar-refractivity contribution in [1.29, 1.82) is 0 Å².